The highest BCUT2D eigenvalue weighted by Crippen LogP contribution is 2.24. The number of hydrogen-bond acceptors (Lipinski definition) is 6. The molecule has 0 aliphatic carbocycles. The summed E-state index contributed by atoms with van der Waals surface area (Å²) < 4.78 is 37.4. The summed E-state index contributed by atoms with van der Waals surface area (Å²) in [6, 6.07) is 5.74. The first kappa shape index (κ1) is 21.1. The summed E-state index contributed by atoms with van der Waals surface area (Å²) in [6.45, 7) is 6.23. The van der Waals surface area contributed by atoms with Crippen LogP contribution in [0.4, 0.5) is 0 Å². The molecule has 8 nitrogen and oxygen atoms in total. The predicted molar refractivity (Wildman–Crippen MR) is 108 cm³/mol. The summed E-state index contributed by atoms with van der Waals surface area (Å²) in [5.74, 6) is 0.800. The number of amides is 1. The van der Waals surface area contributed by atoms with Gasteiger partial charge in [-0.1, -0.05) is 16.8 Å². The Morgan fingerprint density at radius 2 is 1.86 bits per heavy atom. The number of aromatic nitrogens is 1. The normalized spacial score (nSPS) is 15.8. The maximum atomic E-state index is 12.9. The highest BCUT2D eigenvalue weighted by molar-refractivity contribution is 7.89. The zero-order valence-electron chi connectivity index (χ0n) is 17.0. The molecule has 2 heterocycles. The summed E-state index contributed by atoms with van der Waals surface area (Å²) >= 11 is 0. The van der Waals surface area contributed by atoms with Gasteiger partial charge in [-0.05, 0) is 39.0 Å². The maximum absolute atomic E-state index is 12.9. The van der Waals surface area contributed by atoms with E-state index in [1.54, 1.807) is 31.9 Å². The largest absolute Gasteiger partial charge is 0.496 e. The van der Waals surface area contributed by atoms with Crippen molar-refractivity contribution in [2.24, 2.45) is 0 Å². The SMILES string of the molecule is COc1ccc(C)cc1/C=C/C(=O)N1CCN(S(=O)(=O)c2c(C)noc2C)CC1. The van der Waals surface area contributed by atoms with E-state index in [9.17, 15) is 13.2 Å². The van der Waals surface area contributed by atoms with Crippen LogP contribution in [0.25, 0.3) is 6.08 Å². The summed E-state index contributed by atoms with van der Waals surface area (Å²) in [7, 11) is -2.11. The molecular formula is C20H25N3O5S. The first-order valence-corrected chi connectivity index (χ1v) is 10.7. The molecule has 0 atom stereocenters. The second-order valence-corrected chi connectivity index (χ2v) is 8.84. The minimum Gasteiger partial charge on any atom is -0.496 e. The van der Waals surface area contributed by atoms with Crippen molar-refractivity contribution in [3.8, 4) is 5.75 Å². The molecular weight excluding hydrogens is 394 g/mol. The lowest BCUT2D eigenvalue weighted by molar-refractivity contribution is -0.127. The number of aryl methyl sites for hydroxylation is 3. The molecule has 1 aliphatic rings. The van der Waals surface area contributed by atoms with Gasteiger partial charge in [-0.25, -0.2) is 8.42 Å². The van der Waals surface area contributed by atoms with Gasteiger partial charge in [0.1, 0.15) is 16.3 Å². The zero-order valence-corrected chi connectivity index (χ0v) is 17.8. The van der Waals surface area contributed by atoms with Crippen LogP contribution in [0.5, 0.6) is 5.75 Å². The van der Waals surface area contributed by atoms with Crippen LogP contribution in [-0.4, -0.2) is 62.0 Å². The molecule has 0 N–H and O–H groups in total. The molecule has 0 saturated carbocycles. The minimum atomic E-state index is -3.69. The monoisotopic (exact) mass is 419 g/mol. The van der Waals surface area contributed by atoms with Crippen molar-refractivity contribution in [2.45, 2.75) is 25.7 Å². The van der Waals surface area contributed by atoms with Gasteiger partial charge in [0.2, 0.25) is 15.9 Å². The van der Waals surface area contributed by atoms with Gasteiger partial charge in [-0.3, -0.25) is 4.79 Å². The second kappa shape index (κ2) is 8.38. The van der Waals surface area contributed by atoms with Gasteiger partial charge in [0, 0.05) is 37.8 Å². The number of benzene rings is 1. The lowest BCUT2D eigenvalue weighted by Gasteiger charge is -2.33. The van der Waals surface area contributed by atoms with Crippen LogP contribution in [0.15, 0.2) is 33.7 Å². The molecule has 1 aromatic heterocycles. The van der Waals surface area contributed by atoms with E-state index < -0.39 is 10.0 Å². The summed E-state index contributed by atoms with van der Waals surface area (Å²) in [4.78, 5) is 14.3. The maximum Gasteiger partial charge on any atom is 0.248 e. The van der Waals surface area contributed by atoms with Crippen molar-refractivity contribution in [3.05, 3.63) is 46.9 Å². The third kappa shape index (κ3) is 4.35. The van der Waals surface area contributed by atoms with E-state index in [4.69, 9.17) is 9.26 Å². The number of methoxy groups -OCH3 is 1. The number of ether oxygens (including phenoxy) is 1. The molecule has 0 radical (unpaired) electrons. The smallest absolute Gasteiger partial charge is 0.248 e. The summed E-state index contributed by atoms with van der Waals surface area (Å²) in [5.41, 5.74) is 2.23. The molecule has 3 rings (SSSR count). The van der Waals surface area contributed by atoms with Gasteiger partial charge in [0.15, 0.2) is 5.76 Å². The van der Waals surface area contributed by atoms with Crippen LogP contribution in [0.2, 0.25) is 0 Å². The Morgan fingerprint density at radius 1 is 1.17 bits per heavy atom. The van der Waals surface area contributed by atoms with Crippen LogP contribution < -0.4 is 4.74 Å². The van der Waals surface area contributed by atoms with Crippen LogP contribution in [0.1, 0.15) is 22.6 Å². The lowest BCUT2D eigenvalue weighted by atomic mass is 10.1. The third-order valence-electron chi connectivity index (χ3n) is 4.91. The fourth-order valence-corrected chi connectivity index (χ4v) is 5.08. The topological polar surface area (TPSA) is 93.0 Å². The van der Waals surface area contributed by atoms with Crippen LogP contribution in [-0.2, 0) is 14.8 Å². The van der Waals surface area contributed by atoms with Crippen molar-refractivity contribution in [1.82, 2.24) is 14.4 Å². The van der Waals surface area contributed by atoms with Crippen LogP contribution >= 0.6 is 0 Å². The molecule has 1 saturated heterocycles. The minimum absolute atomic E-state index is 0.115. The van der Waals surface area contributed by atoms with E-state index in [1.165, 1.54) is 10.4 Å². The fourth-order valence-electron chi connectivity index (χ4n) is 3.37. The fraction of sp³-hybridized carbons (Fsp3) is 0.400. The standard InChI is InChI=1S/C20H25N3O5S/c1-14-5-7-18(27-4)17(13-14)6-8-19(24)22-9-11-23(12-10-22)29(25,26)20-15(2)21-28-16(20)3/h5-8,13H,9-12H2,1-4H3/b8-6+. The average molecular weight is 420 g/mol. The number of carbonyl (C=O) groups excluding carboxylic acids is 1. The third-order valence-corrected chi connectivity index (χ3v) is 7.05. The Balaban J connectivity index is 1.66. The molecule has 29 heavy (non-hydrogen) atoms. The van der Waals surface area contributed by atoms with Crippen molar-refractivity contribution < 1.29 is 22.5 Å². The van der Waals surface area contributed by atoms with Crippen molar-refractivity contribution in [2.75, 3.05) is 33.3 Å². The molecule has 2 aromatic rings. The molecule has 0 spiro atoms. The number of rotatable bonds is 5. The number of sulfonamides is 1. The highest BCUT2D eigenvalue weighted by atomic mass is 32.2. The number of hydrogen-bond donors (Lipinski definition) is 0. The summed E-state index contributed by atoms with van der Waals surface area (Å²) in [5, 5.41) is 3.73. The molecule has 1 aromatic carbocycles. The lowest BCUT2D eigenvalue weighted by Crippen LogP contribution is -2.50. The number of carbonyl (C=O) groups is 1. The van der Waals surface area contributed by atoms with Crippen molar-refractivity contribution in [3.63, 3.8) is 0 Å². The first-order chi connectivity index (χ1) is 13.7. The van der Waals surface area contributed by atoms with Gasteiger partial charge in [-0.15, -0.1) is 0 Å². The van der Waals surface area contributed by atoms with E-state index in [0.29, 0.717) is 24.5 Å². The van der Waals surface area contributed by atoms with Gasteiger partial charge in [0.05, 0.1) is 7.11 Å². The molecule has 1 amide bonds. The molecule has 0 bridgehead atoms. The van der Waals surface area contributed by atoms with E-state index in [1.807, 2.05) is 25.1 Å². The van der Waals surface area contributed by atoms with Crippen molar-refractivity contribution in [1.29, 1.82) is 0 Å². The van der Waals surface area contributed by atoms with E-state index in [0.717, 1.165) is 11.1 Å². The second-order valence-electron chi connectivity index (χ2n) is 6.96. The molecule has 1 fully saturated rings. The van der Waals surface area contributed by atoms with Gasteiger partial charge in [0.25, 0.3) is 0 Å². The Kier molecular flexibility index (Phi) is 6.09. The van der Waals surface area contributed by atoms with E-state index in [2.05, 4.69) is 5.16 Å². The Hall–Kier alpha value is -2.65. The van der Waals surface area contributed by atoms with Gasteiger partial charge in [-0.2, -0.15) is 4.31 Å². The highest BCUT2D eigenvalue weighted by Gasteiger charge is 2.33. The van der Waals surface area contributed by atoms with Crippen molar-refractivity contribution >= 4 is 22.0 Å². The Bertz CT molecular complexity index is 1010. The van der Waals surface area contributed by atoms with Gasteiger partial charge >= 0.3 is 0 Å². The molecule has 9 heteroatoms. The van der Waals surface area contributed by atoms with Gasteiger partial charge < -0.3 is 14.2 Å². The number of piperazine rings is 1. The Labute approximate surface area is 170 Å². The average Bonchev–Trinajstić information content (AvgIpc) is 3.05. The summed E-state index contributed by atoms with van der Waals surface area (Å²) in [6.07, 6.45) is 3.22. The van der Waals surface area contributed by atoms with E-state index >= 15 is 0 Å². The molecule has 156 valence electrons. The molecule has 0 unspecified atom stereocenters. The molecule has 1 aliphatic heterocycles. The van der Waals surface area contributed by atoms with E-state index in [-0.39, 0.29) is 29.7 Å². The zero-order chi connectivity index (χ0) is 21.2. The number of nitrogens with zero attached hydrogens (tertiary/aromatic N) is 3. The first-order valence-electron chi connectivity index (χ1n) is 9.28. The van der Waals surface area contributed by atoms with Crippen LogP contribution in [0, 0.1) is 20.8 Å². The quantitative estimate of drug-likeness (QED) is 0.690. The Morgan fingerprint density at radius 3 is 2.45 bits per heavy atom. The predicted octanol–water partition coefficient (Wildman–Crippen LogP) is 2.15. The van der Waals surface area contributed by atoms with Crippen LogP contribution in [0.3, 0.4) is 0 Å².